The van der Waals surface area contributed by atoms with Crippen LogP contribution in [0.1, 0.15) is 38.3 Å². The number of aromatic nitrogens is 1. The maximum Gasteiger partial charge on any atom is 0.128 e. The zero-order valence-corrected chi connectivity index (χ0v) is 10.8. The van der Waals surface area contributed by atoms with E-state index in [2.05, 4.69) is 23.9 Å². The lowest BCUT2D eigenvalue weighted by Crippen LogP contribution is -2.36. The molecule has 94 valence electrons. The first-order chi connectivity index (χ1) is 8.20. The predicted molar refractivity (Wildman–Crippen MR) is 70.0 cm³/mol. The van der Waals surface area contributed by atoms with Gasteiger partial charge < -0.3 is 10.0 Å². The molecule has 0 aromatic carbocycles. The quantitative estimate of drug-likeness (QED) is 0.873. The number of aliphatic hydroxyl groups excluding tert-OH is 1. The van der Waals surface area contributed by atoms with Crippen LogP contribution in [-0.2, 0) is 6.61 Å². The maximum atomic E-state index is 9.12. The molecule has 2 unspecified atom stereocenters. The number of hydrogen-bond donors (Lipinski definition) is 1. The molecule has 0 radical (unpaired) electrons. The molecule has 0 amide bonds. The van der Waals surface area contributed by atoms with Crippen molar-refractivity contribution < 1.29 is 5.11 Å². The zero-order chi connectivity index (χ0) is 12.3. The molecule has 0 bridgehead atoms. The molecule has 0 spiro atoms. The average Bonchev–Trinajstić information content (AvgIpc) is 2.38. The molecule has 2 rings (SSSR count). The van der Waals surface area contributed by atoms with E-state index < -0.39 is 0 Å². The second kappa shape index (κ2) is 5.50. The van der Waals surface area contributed by atoms with Crippen molar-refractivity contribution in [1.82, 2.24) is 4.98 Å². The minimum absolute atomic E-state index is 0.0166. The van der Waals surface area contributed by atoms with Crippen molar-refractivity contribution >= 4 is 5.82 Å². The topological polar surface area (TPSA) is 36.4 Å². The molecule has 0 saturated heterocycles. The summed E-state index contributed by atoms with van der Waals surface area (Å²) in [5, 5.41) is 9.12. The van der Waals surface area contributed by atoms with Crippen LogP contribution in [0, 0.1) is 5.92 Å². The van der Waals surface area contributed by atoms with Gasteiger partial charge in [0.25, 0.3) is 0 Å². The molecular formula is C14H22N2O. The monoisotopic (exact) mass is 234 g/mol. The van der Waals surface area contributed by atoms with Crippen molar-refractivity contribution in [2.75, 3.05) is 11.9 Å². The summed E-state index contributed by atoms with van der Waals surface area (Å²) < 4.78 is 0. The van der Waals surface area contributed by atoms with E-state index in [4.69, 9.17) is 5.11 Å². The second-order valence-corrected chi connectivity index (χ2v) is 5.18. The molecule has 1 saturated carbocycles. The molecule has 0 aliphatic heterocycles. The lowest BCUT2D eigenvalue weighted by atomic mass is 9.86. The highest BCUT2D eigenvalue weighted by Gasteiger charge is 2.23. The molecule has 1 heterocycles. The van der Waals surface area contributed by atoms with Crippen LogP contribution in [0.2, 0.25) is 0 Å². The van der Waals surface area contributed by atoms with Gasteiger partial charge in [0.05, 0.1) is 12.3 Å². The van der Waals surface area contributed by atoms with Crippen molar-refractivity contribution in [2.24, 2.45) is 5.92 Å². The van der Waals surface area contributed by atoms with E-state index in [0.29, 0.717) is 6.04 Å². The summed E-state index contributed by atoms with van der Waals surface area (Å²) in [6.45, 7) is 2.35. The van der Waals surface area contributed by atoms with Gasteiger partial charge in [-0.1, -0.05) is 25.8 Å². The summed E-state index contributed by atoms with van der Waals surface area (Å²) in [5.74, 6) is 1.80. The third-order valence-electron chi connectivity index (χ3n) is 3.77. The van der Waals surface area contributed by atoms with Gasteiger partial charge >= 0.3 is 0 Å². The highest BCUT2D eigenvalue weighted by molar-refractivity contribution is 5.39. The van der Waals surface area contributed by atoms with E-state index in [0.717, 1.165) is 17.4 Å². The SMILES string of the molecule is CC1CCCC(N(C)c2cccc(CO)n2)C1. The fourth-order valence-electron chi connectivity index (χ4n) is 2.69. The van der Waals surface area contributed by atoms with Crippen LogP contribution in [0.4, 0.5) is 5.82 Å². The van der Waals surface area contributed by atoms with Crippen LogP contribution in [-0.4, -0.2) is 23.2 Å². The Morgan fingerprint density at radius 3 is 2.94 bits per heavy atom. The van der Waals surface area contributed by atoms with Crippen LogP contribution < -0.4 is 4.90 Å². The van der Waals surface area contributed by atoms with Gasteiger partial charge in [-0.3, -0.25) is 0 Å². The fourth-order valence-corrected chi connectivity index (χ4v) is 2.69. The first-order valence-electron chi connectivity index (χ1n) is 6.50. The van der Waals surface area contributed by atoms with Gasteiger partial charge in [0.15, 0.2) is 0 Å². The normalized spacial score (nSPS) is 24.6. The van der Waals surface area contributed by atoms with Crippen molar-refractivity contribution in [1.29, 1.82) is 0 Å². The first-order valence-corrected chi connectivity index (χ1v) is 6.50. The average molecular weight is 234 g/mol. The molecule has 1 aliphatic rings. The van der Waals surface area contributed by atoms with Gasteiger partial charge in [-0.25, -0.2) is 4.98 Å². The van der Waals surface area contributed by atoms with Gasteiger partial charge in [0.2, 0.25) is 0 Å². The number of hydrogen-bond acceptors (Lipinski definition) is 3. The van der Waals surface area contributed by atoms with Gasteiger partial charge in [0.1, 0.15) is 5.82 Å². The van der Waals surface area contributed by atoms with Gasteiger partial charge in [-0.05, 0) is 30.9 Å². The maximum absolute atomic E-state index is 9.12. The molecule has 1 aliphatic carbocycles. The standard InChI is InChI=1S/C14H22N2O/c1-11-5-3-7-13(9-11)16(2)14-8-4-6-12(10-17)15-14/h4,6,8,11,13,17H,3,5,7,9-10H2,1-2H3. The summed E-state index contributed by atoms with van der Waals surface area (Å²) >= 11 is 0. The predicted octanol–water partition coefficient (Wildman–Crippen LogP) is 2.59. The summed E-state index contributed by atoms with van der Waals surface area (Å²) in [5.41, 5.74) is 0.748. The fraction of sp³-hybridized carbons (Fsp3) is 0.643. The van der Waals surface area contributed by atoms with Crippen LogP contribution >= 0.6 is 0 Å². The van der Waals surface area contributed by atoms with E-state index in [9.17, 15) is 0 Å². The number of anilines is 1. The Hall–Kier alpha value is -1.09. The van der Waals surface area contributed by atoms with Crippen molar-refractivity contribution in [2.45, 2.75) is 45.3 Å². The Labute approximate surface area is 103 Å². The van der Waals surface area contributed by atoms with Crippen LogP contribution in [0.25, 0.3) is 0 Å². The molecule has 1 aromatic heterocycles. The summed E-state index contributed by atoms with van der Waals surface area (Å²) in [4.78, 5) is 6.74. The molecule has 3 nitrogen and oxygen atoms in total. The number of rotatable bonds is 3. The Morgan fingerprint density at radius 2 is 2.24 bits per heavy atom. The molecule has 1 aromatic rings. The summed E-state index contributed by atoms with van der Waals surface area (Å²) in [7, 11) is 2.12. The summed E-state index contributed by atoms with van der Waals surface area (Å²) in [6, 6.07) is 6.45. The van der Waals surface area contributed by atoms with Gasteiger partial charge in [-0.2, -0.15) is 0 Å². The Morgan fingerprint density at radius 1 is 1.41 bits per heavy atom. The van der Waals surface area contributed by atoms with Crippen LogP contribution in [0.3, 0.4) is 0 Å². The highest BCUT2D eigenvalue weighted by Crippen LogP contribution is 2.28. The number of aliphatic hydroxyl groups is 1. The van der Waals surface area contributed by atoms with Gasteiger partial charge in [0, 0.05) is 13.1 Å². The molecule has 2 atom stereocenters. The Kier molecular flexibility index (Phi) is 4.00. The van der Waals surface area contributed by atoms with E-state index >= 15 is 0 Å². The van der Waals surface area contributed by atoms with Crippen molar-refractivity contribution in [3.05, 3.63) is 23.9 Å². The largest absolute Gasteiger partial charge is 0.390 e. The third kappa shape index (κ3) is 2.97. The highest BCUT2D eigenvalue weighted by atomic mass is 16.3. The van der Waals surface area contributed by atoms with E-state index in [1.165, 1.54) is 25.7 Å². The minimum Gasteiger partial charge on any atom is -0.390 e. The zero-order valence-electron chi connectivity index (χ0n) is 10.8. The Bertz CT molecular complexity index is 367. The van der Waals surface area contributed by atoms with Crippen molar-refractivity contribution in [3.63, 3.8) is 0 Å². The van der Waals surface area contributed by atoms with E-state index in [1.54, 1.807) is 0 Å². The molecule has 1 N–H and O–H groups in total. The van der Waals surface area contributed by atoms with Gasteiger partial charge in [-0.15, -0.1) is 0 Å². The number of pyridine rings is 1. The molecular weight excluding hydrogens is 212 g/mol. The van der Waals surface area contributed by atoms with Crippen LogP contribution in [0.5, 0.6) is 0 Å². The minimum atomic E-state index is 0.0166. The van der Waals surface area contributed by atoms with E-state index in [-0.39, 0.29) is 6.61 Å². The van der Waals surface area contributed by atoms with E-state index in [1.807, 2.05) is 18.2 Å². The molecule has 3 heteroatoms. The van der Waals surface area contributed by atoms with Crippen molar-refractivity contribution in [3.8, 4) is 0 Å². The lowest BCUT2D eigenvalue weighted by Gasteiger charge is -2.35. The summed E-state index contributed by atoms with van der Waals surface area (Å²) in [6.07, 6.45) is 5.18. The van der Waals surface area contributed by atoms with Crippen LogP contribution in [0.15, 0.2) is 18.2 Å². The first kappa shape index (κ1) is 12.4. The smallest absolute Gasteiger partial charge is 0.128 e. The second-order valence-electron chi connectivity index (χ2n) is 5.18. The number of nitrogens with zero attached hydrogens (tertiary/aromatic N) is 2. The molecule has 1 fully saturated rings. The molecule has 17 heavy (non-hydrogen) atoms. The lowest BCUT2D eigenvalue weighted by molar-refractivity contribution is 0.276. The Balaban J connectivity index is 2.09. The third-order valence-corrected chi connectivity index (χ3v) is 3.77.